The SMILES string of the molecule is C=C(C)CCNCc1cn([C@@H]2O[C@H](CO)[C@@H](OC)[C@H]2O)c(=O)[nH]c1=O. The van der Waals surface area contributed by atoms with Gasteiger partial charge in [0.2, 0.25) is 0 Å². The van der Waals surface area contributed by atoms with Crippen LogP contribution in [-0.2, 0) is 16.0 Å². The lowest BCUT2D eigenvalue weighted by Crippen LogP contribution is -2.40. The summed E-state index contributed by atoms with van der Waals surface area (Å²) in [5.74, 6) is 0. The van der Waals surface area contributed by atoms with Crippen LogP contribution in [-0.4, -0.2) is 58.3 Å². The third-order valence-corrected chi connectivity index (χ3v) is 4.12. The largest absolute Gasteiger partial charge is 0.394 e. The molecule has 1 aliphatic rings. The molecule has 0 aromatic carbocycles. The van der Waals surface area contributed by atoms with E-state index in [0.29, 0.717) is 12.1 Å². The molecule has 1 aliphatic heterocycles. The molecule has 1 saturated heterocycles. The minimum Gasteiger partial charge on any atom is -0.394 e. The smallest absolute Gasteiger partial charge is 0.330 e. The highest BCUT2D eigenvalue weighted by Crippen LogP contribution is 2.29. The van der Waals surface area contributed by atoms with Crippen molar-refractivity contribution >= 4 is 0 Å². The monoisotopic (exact) mass is 355 g/mol. The van der Waals surface area contributed by atoms with Gasteiger partial charge in [0.25, 0.3) is 5.56 Å². The zero-order chi connectivity index (χ0) is 18.6. The zero-order valence-electron chi connectivity index (χ0n) is 14.4. The van der Waals surface area contributed by atoms with Gasteiger partial charge in [-0.2, -0.15) is 0 Å². The minimum absolute atomic E-state index is 0.253. The van der Waals surface area contributed by atoms with Crippen molar-refractivity contribution in [2.24, 2.45) is 0 Å². The van der Waals surface area contributed by atoms with E-state index in [2.05, 4.69) is 16.9 Å². The third kappa shape index (κ3) is 4.44. The number of aromatic nitrogens is 2. The Morgan fingerprint density at radius 1 is 1.52 bits per heavy atom. The van der Waals surface area contributed by atoms with Crippen LogP contribution >= 0.6 is 0 Å². The van der Waals surface area contributed by atoms with Gasteiger partial charge in [0.05, 0.1) is 6.61 Å². The van der Waals surface area contributed by atoms with Crippen molar-refractivity contribution in [1.29, 1.82) is 0 Å². The first-order chi connectivity index (χ1) is 11.9. The highest BCUT2D eigenvalue weighted by atomic mass is 16.6. The molecule has 0 bridgehead atoms. The van der Waals surface area contributed by atoms with Crippen molar-refractivity contribution in [1.82, 2.24) is 14.9 Å². The van der Waals surface area contributed by atoms with Crippen LogP contribution in [0, 0.1) is 0 Å². The molecule has 25 heavy (non-hydrogen) atoms. The average Bonchev–Trinajstić information content (AvgIpc) is 2.88. The number of H-pyrrole nitrogens is 1. The lowest BCUT2D eigenvalue weighted by Gasteiger charge is -2.19. The maximum Gasteiger partial charge on any atom is 0.330 e. The number of nitrogens with one attached hydrogen (secondary N) is 2. The van der Waals surface area contributed by atoms with Gasteiger partial charge in [0.1, 0.15) is 18.3 Å². The molecule has 2 rings (SSSR count). The first kappa shape index (κ1) is 19.5. The molecule has 0 radical (unpaired) electrons. The Morgan fingerprint density at radius 3 is 2.80 bits per heavy atom. The molecule has 0 saturated carbocycles. The van der Waals surface area contributed by atoms with Gasteiger partial charge in [-0.15, -0.1) is 6.58 Å². The van der Waals surface area contributed by atoms with E-state index in [1.165, 1.54) is 13.3 Å². The highest BCUT2D eigenvalue weighted by Gasteiger charge is 2.45. The molecule has 1 aromatic heterocycles. The van der Waals surface area contributed by atoms with Gasteiger partial charge in [-0.25, -0.2) is 4.79 Å². The maximum atomic E-state index is 12.1. The van der Waals surface area contributed by atoms with Gasteiger partial charge in [-0.05, 0) is 19.9 Å². The van der Waals surface area contributed by atoms with Crippen LogP contribution in [0.15, 0.2) is 27.9 Å². The topological polar surface area (TPSA) is 126 Å². The van der Waals surface area contributed by atoms with E-state index >= 15 is 0 Å². The van der Waals surface area contributed by atoms with E-state index in [1.54, 1.807) is 0 Å². The molecule has 140 valence electrons. The second-order valence-corrected chi connectivity index (χ2v) is 6.14. The molecule has 9 heteroatoms. The average molecular weight is 355 g/mol. The van der Waals surface area contributed by atoms with Crippen LogP contribution in [0.5, 0.6) is 0 Å². The molecule has 2 heterocycles. The van der Waals surface area contributed by atoms with Gasteiger partial charge in [-0.3, -0.25) is 14.3 Å². The summed E-state index contributed by atoms with van der Waals surface area (Å²) < 4.78 is 11.8. The minimum atomic E-state index is -1.16. The second-order valence-electron chi connectivity index (χ2n) is 6.14. The van der Waals surface area contributed by atoms with E-state index in [1.807, 2.05) is 6.92 Å². The van der Waals surface area contributed by atoms with E-state index in [9.17, 15) is 19.8 Å². The molecule has 4 atom stereocenters. The molecule has 0 amide bonds. The van der Waals surface area contributed by atoms with Gasteiger partial charge in [-0.1, -0.05) is 5.57 Å². The molecular formula is C16H25N3O6. The van der Waals surface area contributed by atoms with E-state index in [-0.39, 0.29) is 13.2 Å². The summed E-state index contributed by atoms with van der Waals surface area (Å²) in [4.78, 5) is 26.3. The van der Waals surface area contributed by atoms with Crippen molar-refractivity contribution in [2.45, 2.75) is 44.4 Å². The fraction of sp³-hybridized carbons (Fsp3) is 0.625. The van der Waals surface area contributed by atoms with E-state index in [0.717, 1.165) is 16.6 Å². The van der Waals surface area contributed by atoms with Crippen LogP contribution in [0.1, 0.15) is 25.1 Å². The molecule has 0 aliphatic carbocycles. The third-order valence-electron chi connectivity index (χ3n) is 4.12. The summed E-state index contributed by atoms with van der Waals surface area (Å²) >= 11 is 0. The van der Waals surface area contributed by atoms with Crippen LogP contribution < -0.4 is 16.6 Å². The van der Waals surface area contributed by atoms with Crippen LogP contribution in [0.4, 0.5) is 0 Å². The summed E-state index contributed by atoms with van der Waals surface area (Å²) in [7, 11) is 1.38. The number of methoxy groups -OCH3 is 1. The Morgan fingerprint density at radius 2 is 2.24 bits per heavy atom. The number of aliphatic hydroxyl groups excluding tert-OH is 2. The number of hydrogen-bond acceptors (Lipinski definition) is 7. The summed E-state index contributed by atoms with van der Waals surface area (Å²) in [6.07, 6.45) is -1.62. The fourth-order valence-corrected chi connectivity index (χ4v) is 2.75. The Bertz CT molecular complexity index is 713. The first-order valence-corrected chi connectivity index (χ1v) is 8.05. The predicted molar refractivity (Wildman–Crippen MR) is 90.3 cm³/mol. The molecule has 0 unspecified atom stereocenters. The number of hydrogen-bond donors (Lipinski definition) is 4. The van der Waals surface area contributed by atoms with E-state index < -0.39 is 35.8 Å². The first-order valence-electron chi connectivity index (χ1n) is 8.05. The number of ether oxygens (including phenoxy) is 2. The van der Waals surface area contributed by atoms with E-state index in [4.69, 9.17) is 9.47 Å². The zero-order valence-corrected chi connectivity index (χ0v) is 14.4. The Kier molecular flexibility index (Phi) is 6.68. The standard InChI is InChI=1S/C16H25N3O6/c1-9(2)4-5-17-6-10-7-19(16(23)18-14(10)22)15-12(21)13(24-3)11(8-20)25-15/h7,11-13,15,17,20-21H,1,4-6,8H2,2-3H3,(H,18,22,23)/t11-,12-,13-,15-/m1/s1. The summed E-state index contributed by atoms with van der Waals surface area (Å²) in [5.41, 5.74) is 0.153. The number of rotatable bonds is 8. The molecule has 0 spiro atoms. The Labute approximate surface area is 144 Å². The van der Waals surface area contributed by atoms with Gasteiger partial charge >= 0.3 is 5.69 Å². The second kappa shape index (κ2) is 8.54. The van der Waals surface area contributed by atoms with Crippen LogP contribution in [0.2, 0.25) is 0 Å². The number of aromatic amines is 1. The molecule has 1 fully saturated rings. The lowest BCUT2D eigenvalue weighted by atomic mass is 10.1. The number of aliphatic hydroxyl groups is 2. The maximum absolute atomic E-state index is 12.1. The molecular weight excluding hydrogens is 330 g/mol. The predicted octanol–water partition coefficient (Wildman–Crippen LogP) is -1.14. The molecule has 4 N–H and O–H groups in total. The quantitative estimate of drug-likeness (QED) is 0.343. The van der Waals surface area contributed by atoms with Crippen molar-refractivity contribution in [2.75, 3.05) is 20.3 Å². The van der Waals surface area contributed by atoms with Crippen molar-refractivity contribution in [3.63, 3.8) is 0 Å². The van der Waals surface area contributed by atoms with Gasteiger partial charge in [0.15, 0.2) is 6.23 Å². The fourth-order valence-electron chi connectivity index (χ4n) is 2.75. The lowest BCUT2D eigenvalue weighted by molar-refractivity contribution is -0.0570. The molecule has 9 nitrogen and oxygen atoms in total. The van der Waals surface area contributed by atoms with Crippen LogP contribution in [0.3, 0.4) is 0 Å². The molecule has 1 aromatic rings. The summed E-state index contributed by atoms with van der Waals surface area (Å²) in [6, 6.07) is 0. The van der Waals surface area contributed by atoms with Gasteiger partial charge < -0.3 is 25.0 Å². The Balaban J connectivity index is 2.21. The van der Waals surface area contributed by atoms with Crippen LogP contribution in [0.25, 0.3) is 0 Å². The summed E-state index contributed by atoms with van der Waals surface area (Å²) in [6.45, 7) is 6.26. The summed E-state index contributed by atoms with van der Waals surface area (Å²) in [5, 5.41) is 22.8. The Hall–Kier alpha value is -1.78. The van der Waals surface area contributed by atoms with Gasteiger partial charge in [0, 0.05) is 25.4 Å². The normalized spacial score (nSPS) is 26.1. The van der Waals surface area contributed by atoms with Crippen molar-refractivity contribution in [3.05, 3.63) is 44.8 Å². The highest BCUT2D eigenvalue weighted by molar-refractivity contribution is 5.06. The van der Waals surface area contributed by atoms with Crippen molar-refractivity contribution in [3.8, 4) is 0 Å². The van der Waals surface area contributed by atoms with Crippen molar-refractivity contribution < 1.29 is 19.7 Å². The number of nitrogens with zero attached hydrogens (tertiary/aromatic N) is 1.